The highest BCUT2D eigenvalue weighted by Crippen LogP contribution is 2.41. The van der Waals surface area contributed by atoms with Crippen LogP contribution in [0, 0.1) is 12.7 Å². The molecule has 0 unspecified atom stereocenters. The molecular formula is C36H47FN2O2. The lowest BCUT2D eigenvalue weighted by Crippen LogP contribution is -2.42. The number of ketones is 1. The van der Waals surface area contributed by atoms with Crippen molar-refractivity contribution in [3.8, 4) is 0 Å². The normalized spacial score (nSPS) is 14.7. The third kappa shape index (κ3) is 9.31. The fourth-order valence-electron chi connectivity index (χ4n) is 5.42. The SMILES string of the molecule is C=C(C)C1(c2ccccc2)CCN(Cc2ccccc2)CC1.CCC(Cc1c(C)cc(C(C)=O)cc1F)=NC.CO. The van der Waals surface area contributed by atoms with Gasteiger partial charge in [0.2, 0.25) is 0 Å². The Hall–Kier alpha value is -3.41. The standard InChI is InChI=1S/C21H25N.C14H18FNO.CH4O/c1-18(2)21(20-11-7-4-8-12-20)13-15-22(16-14-21)17-19-9-5-3-6-10-19;1-5-12(16-4)8-13-9(2)6-11(10(3)17)7-14(13)15;1-2/h3-12H,1,13-17H2,2H3;6-7H,5,8H2,1-4H3;2H,1H3. The predicted octanol–water partition coefficient (Wildman–Crippen LogP) is 7.77. The van der Waals surface area contributed by atoms with Crippen LogP contribution in [-0.2, 0) is 18.4 Å². The van der Waals surface area contributed by atoms with Crippen molar-refractivity contribution in [2.45, 2.75) is 65.3 Å². The van der Waals surface area contributed by atoms with Crippen molar-refractivity contribution in [1.29, 1.82) is 0 Å². The van der Waals surface area contributed by atoms with Crippen LogP contribution in [0.15, 0.2) is 89.9 Å². The topological polar surface area (TPSA) is 52.9 Å². The minimum absolute atomic E-state index is 0.113. The molecule has 1 saturated heterocycles. The Labute approximate surface area is 246 Å². The average molecular weight is 559 g/mol. The van der Waals surface area contributed by atoms with E-state index in [1.165, 1.54) is 42.5 Å². The van der Waals surface area contributed by atoms with Crippen LogP contribution in [0.2, 0.25) is 0 Å². The van der Waals surface area contributed by atoms with E-state index in [1.54, 1.807) is 13.1 Å². The first kappa shape index (κ1) is 33.8. The number of piperidine rings is 1. The first-order valence-electron chi connectivity index (χ1n) is 14.4. The van der Waals surface area contributed by atoms with E-state index in [0.717, 1.165) is 44.4 Å². The van der Waals surface area contributed by atoms with Gasteiger partial charge in [0.05, 0.1) is 0 Å². The Morgan fingerprint density at radius 1 is 1.00 bits per heavy atom. The second-order valence-electron chi connectivity index (χ2n) is 10.6. The monoisotopic (exact) mass is 558 g/mol. The highest BCUT2D eigenvalue weighted by Gasteiger charge is 2.36. The highest BCUT2D eigenvalue weighted by atomic mass is 19.1. The van der Waals surface area contributed by atoms with Crippen molar-refractivity contribution in [3.63, 3.8) is 0 Å². The number of Topliss-reactive ketones (excluding diaryl/α,β-unsaturated/α-hetero) is 1. The maximum absolute atomic E-state index is 13.9. The van der Waals surface area contributed by atoms with E-state index in [9.17, 15) is 9.18 Å². The molecule has 1 N–H and O–H groups in total. The molecule has 0 aromatic heterocycles. The van der Waals surface area contributed by atoms with Crippen molar-refractivity contribution in [3.05, 3.63) is 119 Å². The van der Waals surface area contributed by atoms with Gasteiger partial charge in [0.15, 0.2) is 5.78 Å². The average Bonchev–Trinajstić information content (AvgIpc) is 2.99. The number of hydrogen-bond donors (Lipinski definition) is 1. The number of allylic oxidation sites excluding steroid dienone is 1. The molecule has 1 heterocycles. The molecule has 1 aliphatic rings. The molecule has 1 aliphatic heterocycles. The van der Waals surface area contributed by atoms with Gasteiger partial charge < -0.3 is 5.11 Å². The van der Waals surface area contributed by atoms with E-state index >= 15 is 0 Å². The zero-order valence-corrected chi connectivity index (χ0v) is 25.7. The van der Waals surface area contributed by atoms with Gasteiger partial charge in [-0.3, -0.25) is 14.7 Å². The number of hydrogen-bond acceptors (Lipinski definition) is 4. The summed E-state index contributed by atoms with van der Waals surface area (Å²) in [7, 11) is 2.72. The number of aliphatic imine (C=N–C) groups is 1. The summed E-state index contributed by atoms with van der Waals surface area (Å²) in [4.78, 5) is 17.9. The van der Waals surface area contributed by atoms with Gasteiger partial charge >= 0.3 is 0 Å². The van der Waals surface area contributed by atoms with Gasteiger partial charge in [-0.15, -0.1) is 0 Å². The molecule has 4 rings (SSSR count). The third-order valence-corrected chi connectivity index (χ3v) is 8.03. The minimum atomic E-state index is -0.315. The molecule has 0 bridgehead atoms. The number of likely N-dealkylation sites (tertiary alicyclic amines) is 1. The number of benzene rings is 3. The van der Waals surface area contributed by atoms with Crippen LogP contribution in [0.25, 0.3) is 0 Å². The third-order valence-electron chi connectivity index (χ3n) is 8.03. The van der Waals surface area contributed by atoms with Crippen LogP contribution in [-0.4, -0.2) is 48.7 Å². The summed E-state index contributed by atoms with van der Waals surface area (Å²) in [5.41, 5.74) is 7.14. The molecule has 0 amide bonds. The smallest absolute Gasteiger partial charge is 0.159 e. The Morgan fingerprint density at radius 2 is 1.56 bits per heavy atom. The molecule has 0 saturated carbocycles. The van der Waals surface area contributed by atoms with E-state index in [0.29, 0.717) is 17.5 Å². The maximum Gasteiger partial charge on any atom is 0.159 e. The maximum atomic E-state index is 13.9. The summed E-state index contributed by atoms with van der Waals surface area (Å²) in [6, 6.07) is 24.8. The number of aryl methyl sites for hydroxylation is 1. The molecule has 3 aromatic carbocycles. The number of halogens is 1. The Balaban J connectivity index is 0.000000280. The summed E-state index contributed by atoms with van der Waals surface area (Å²) < 4.78 is 13.9. The van der Waals surface area contributed by atoms with Gasteiger partial charge in [0.25, 0.3) is 0 Å². The lowest BCUT2D eigenvalue weighted by molar-refractivity contribution is 0.101. The van der Waals surface area contributed by atoms with Crippen LogP contribution in [0.1, 0.15) is 72.6 Å². The second-order valence-corrected chi connectivity index (χ2v) is 10.6. The number of nitrogens with zero attached hydrogens (tertiary/aromatic N) is 2. The van der Waals surface area contributed by atoms with E-state index in [-0.39, 0.29) is 17.0 Å². The van der Waals surface area contributed by atoms with Crippen LogP contribution >= 0.6 is 0 Å². The molecule has 1 fully saturated rings. The fourth-order valence-corrected chi connectivity index (χ4v) is 5.42. The van der Waals surface area contributed by atoms with Crippen LogP contribution < -0.4 is 0 Å². The lowest BCUT2D eigenvalue weighted by atomic mass is 9.68. The van der Waals surface area contributed by atoms with Crippen molar-refractivity contribution < 1.29 is 14.3 Å². The Bertz CT molecular complexity index is 1250. The lowest BCUT2D eigenvalue weighted by Gasteiger charge is -2.43. The van der Waals surface area contributed by atoms with Gasteiger partial charge in [0.1, 0.15) is 5.82 Å². The molecule has 0 spiro atoms. The van der Waals surface area contributed by atoms with Crippen LogP contribution in [0.4, 0.5) is 4.39 Å². The molecule has 220 valence electrons. The van der Waals surface area contributed by atoms with E-state index in [2.05, 4.69) is 84.1 Å². The molecule has 0 atom stereocenters. The van der Waals surface area contributed by atoms with Crippen molar-refractivity contribution in [2.24, 2.45) is 4.99 Å². The van der Waals surface area contributed by atoms with Crippen molar-refractivity contribution in [1.82, 2.24) is 4.90 Å². The first-order chi connectivity index (χ1) is 19.7. The van der Waals surface area contributed by atoms with E-state index in [1.807, 2.05) is 13.8 Å². The van der Waals surface area contributed by atoms with Gasteiger partial charge in [0, 0.05) is 43.8 Å². The van der Waals surface area contributed by atoms with Gasteiger partial charge in [-0.2, -0.15) is 0 Å². The summed E-state index contributed by atoms with van der Waals surface area (Å²) in [5, 5.41) is 7.00. The quantitative estimate of drug-likeness (QED) is 0.175. The molecule has 0 radical (unpaired) electrons. The predicted molar refractivity (Wildman–Crippen MR) is 171 cm³/mol. The van der Waals surface area contributed by atoms with Gasteiger partial charge in [-0.1, -0.05) is 79.7 Å². The molecule has 4 nitrogen and oxygen atoms in total. The summed E-state index contributed by atoms with van der Waals surface area (Å²) in [6.45, 7) is 15.1. The van der Waals surface area contributed by atoms with E-state index < -0.39 is 0 Å². The fraction of sp³-hybridized carbons (Fsp3) is 0.389. The van der Waals surface area contributed by atoms with Crippen LogP contribution in [0.3, 0.4) is 0 Å². The highest BCUT2D eigenvalue weighted by molar-refractivity contribution is 5.94. The number of carbonyl (C=O) groups excluding carboxylic acids is 1. The number of aliphatic hydroxyl groups excluding tert-OH is 1. The summed E-state index contributed by atoms with van der Waals surface area (Å²) in [6.07, 6.45) is 3.66. The second kappa shape index (κ2) is 16.8. The number of carbonyl (C=O) groups is 1. The Kier molecular flexibility index (Phi) is 13.8. The Morgan fingerprint density at radius 3 is 2.02 bits per heavy atom. The zero-order valence-electron chi connectivity index (χ0n) is 25.7. The largest absolute Gasteiger partial charge is 0.400 e. The minimum Gasteiger partial charge on any atom is -0.400 e. The zero-order chi connectivity index (χ0) is 30.4. The molecule has 41 heavy (non-hydrogen) atoms. The molecule has 0 aliphatic carbocycles. The number of rotatable bonds is 8. The van der Waals surface area contributed by atoms with Crippen molar-refractivity contribution in [2.75, 3.05) is 27.2 Å². The number of aliphatic hydroxyl groups is 1. The molecule has 5 heteroatoms. The van der Waals surface area contributed by atoms with Gasteiger partial charge in [-0.05, 0) is 87.5 Å². The summed E-state index contributed by atoms with van der Waals surface area (Å²) in [5.74, 6) is -0.428. The molecule has 3 aromatic rings. The summed E-state index contributed by atoms with van der Waals surface area (Å²) >= 11 is 0. The van der Waals surface area contributed by atoms with Crippen molar-refractivity contribution >= 4 is 11.5 Å². The van der Waals surface area contributed by atoms with Crippen LogP contribution in [0.5, 0.6) is 0 Å². The molecular weight excluding hydrogens is 511 g/mol. The van der Waals surface area contributed by atoms with E-state index in [4.69, 9.17) is 5.11 Å². The van der Waals surface area contributed by atoms with Gasteiger partial charge in [-0.25, -0.2) is 4.39 Å². The first-order valence-corrected chi connectivity index (χ1v) is 14.4.